The molecule has 0 spiro atoms. The average Bonchev–Trinajstić information content (AvgIpc) is 2.44. The summed E-state index contributed by atoms with van der Waals surface area (Å²) in [5, 5.41) is 10.9. The average molecular weight is 364 g/mol. The van der Waals surface area contributed by atoms with Crippen LogP contribution in [0.25, 0.3) is 0 Å². The highest BCUT2D eigenvalue weighted by Gasteiger charge is 2.43. The Bertz CT molecular complexity index is 515. The predicted molar refractivity (Wildman–Crippen MR) is 76.4 cm³/mol. The number of para-hydroxylation sites is 1. The van der Waals surface area contributed by atoms with E-state index in [1.165, 1.54) is 12.1 Å². The maximum absolute atomic E-state index is 13.8. The molecule has 21 heavy (non-hydrogen) atoms. The first-order valence-corrected chi connectivity index (χ1v) is 7.30. The summed E-state index contributed by atoms with van der Waals surface area (Å²) in [5.74, 6) is -1.09. The van der Waals surface area contributed by atoms with Gasteiger partial charge in [0.05, 0.1) is 18.1 Å². The first-order chi connectivity index (χ1) is 10.0. The molecule has 0 heterocycles. The maximum Gasteiger partial charge on any atom is 0.314 e. The lowest BCUT2D eigenvalue weighted by Gasteiger charge is -2.40. The zero-order chi connectivity index (χ0) is 15.4. The monoisotopic (exact) mass is 363 g/mol. The molecule has 1 aromatic carbocycles. The highest BCUT2D eigenvalue weighted by molar-refractivity contribution is 9.09. The van der Waals surface area contributed by atoms with Crippen LogP contribution < -0.4 is 4.74 Å². The lowest BCUT2D eigenvalue weighted by Crippen LogP contribution is -2.52. The fourth-order valence-electron chi connectivity index (χ4n) is 2.03. The molecule has 8 heteroatoms. The first kappa shape index (κ1) is 16.1. The molecule has 1 fully saturated rings. The van der Waals surface area contributed by atoms with E-state index < -0.39 is 16.8 Å². The van der Waals surface area contributed by atoms with Crippen LogP contribution in [0, 0.1) is 15.9 Å². The van der Waals surface area contributed by atoms with Crippen molar-refractivity contribution in [1.29, 1.82) is 0 Å². The Morgan fingerprint density at radius 2 is 2.24 bits per heavy atom. The zero-order valence-corrected chi connectivity index (χ0v) is 12.9. The van der Waals surface area contributed by atoms with Crippen molar-refractivity contribution >= 4 is 21.6 Å². The molecular weight excluding hydrogens is 349 g/mol. The Hall–Kier alpha value is -1.25. The summed E-state index contributed by atoms with van der Waals surface area (Å²) < 4.78 is 29.7. The van der Waals surface area contributed by atoms with Gasteiger partial charge >= 0.3 is 5.69 Å². The minimum atomic E-state index is -0.752. The van der Waals surface area contributed by atoms with E-state index in [1.54, 1.807) is 7.11 Å². The van der Waals surface area contributed by atoms with Crippen LogP contribution in [0.1, 0.15) is 6.42 Å². The third kappa shape index (κ3) is 3.69. The quantitative estimate of drug-likeness (QED) is 0.322. The van der Waals surface area contributed by atoms with Gasteiger partial charge in [0.2, 0.25) is 5.75 Å². The number of nitro benzene ring substituents is 1. The van der Waals surface area contributed by atoms with Gasteiger partial charge in [0, 0.05) is 24.4 Å². The SMILES string of the molecule is COCCOC1C(Br)CC1Oc1c(F)cccc1[N+](=O)[O-]. The molecule has 0 saturated heterocycles. The van der Waals surface area contributed by atoms with Crippen molar-refractivity contribution in [3.05, 3.63) is 34.1 Å². The van der Waals surface area contributed by atoms with Gasteiger partial charge in [-0.3, -0.25) is 10.1 Å². The van der Waals surface area contributed by atoms with E-state index >= 15 is 0 Å². The van der Waals surface area contributed by atoms with Gasteiger partial charge in [-0.15, -0.1) is 0 Å². The van der Waals surface area contributed by atoms with Crippen LogP contribution in [0.5, 0.6) is 5.75 Å². The van der Waals surface area contributed by atoms with E-state index in [0.29, 0.717) is 19.6 Å². The van der Waals surface area contributed by atoms with Crippen molar-refractivity contribution in [3.8, 4) is 5.75 Å². The van der Waals surface area contributed by atoms with Crippen molar-refractivity contribution in [1.82, 2.24) is 0 Å². The maximum atomic E-state index is 13.8. The van der Waals surface area contributed by atoms with Crippen molar-refractivity contribution in [2.75, 3.05) is 20.3 Å². The number of alkyl halides is 1. The summed E-state index contributed by atoms with van der Waals surface area (Å²) in [7, 11) is 1.56. The summed E-state index contributed by atoms with van der Waals surface area (Å²) in [6, 6.07) is 3.62. The number of halogens is 2. The van der Waals surface area contributed by atoms with E-state index in [-0.39, 0.29) is 22.4 Å². The van der Waals surface area contributed by atoms with Gasteiger partial charge in [-0.1, -0.05) is 22.0 Å². The Morgan fingerprint density at radius 3 is 2.86 bits per heavy atom. The number of methoxy groups -OCH3 is 1. The fourth-order valence-corrected chi connectivity index (χ4v) is 2.89. The number of ether oxygens (including phenoxy) is 3. The molecule has 116 valence electrons. The summed E-state index contributed by atoms with van der Waals surface area (Å²) in [5.41, 5.74) is -0.385. The third-order valence-corrected chi connectivity index (χ3v) is 4.09. The first-order valence-electron chi connectivity index (χ1n) is 6.38. The Labute approximate surface area is 129 Å². The minimum absolute atomic E-state index is 0.0742. The van der Waals surface area contributed by atoms with Crippen molar-refractivity contribution in [2.24, 2.45) is 0 Å². The number of nitrogens with zero attached hydrogens (tertiary/aromatic N) is 1. The normalized spacial score (nSPS) is 24.4. The number of benzene rings is 1. The van der Waals surface area contributed by atoms with E-state index in [2.05, 4.69) is 15.9 Å². The van der Waals surface area contributed by atoms with Crippen molar-refractivity contribution in [3.63, 3.8) is 0 Å². The van der Waals surface area contributed by atoms with E-state index in [9.17, 15) is 14.5 Å². The van der Waals surface area contributed by atoms with Crippen LogP contribution in [-0.4, -0.2) is 42.3 Å². The molecule has 3 unspecified atom stereocenters. The Morgan fingerprint density at radius 1 is 1.48 bits per heavy atom. The van der Waals surface area contributed by atoms with Crippen LogP contribution in [0.3, 0.4) is 0 Å². The second-order valence-corrected chi connectivity index (χ2v) is 5.76. The van der Waals surface area contributed by atoms with E-state index in [4.69, 9.17) is 14.2 Å². The lowest BCUT2D eigenvalue weighted by molar-refractivity contribution is -0.386. The summed E-state index contributed by atoms with van der Waals surface area (Å²) in [4.78, 5) is 10.3. The molecule has 0 bridgehead atoms. The summed E-state index contributed by atoms with van der Waals surface area (Å²) in [6.45, 7) is 0.811. The molecule has 1 aliphatic rings. The van der Waals surface area contributed by atoms with Crippen LogP contribution in [0.4, 0.5) is 10.1 Å². The highest BCUT2D eigenvalue weighted by Crippen LogP contribution is 2.38. The molecule has 1 saturated carbocycles. The number of hydrogen-bond donors (Lipinski definition) is 0. The van der Waals surface area contributed by atoms with Crippen LogP contribution in [0.2, 0.25) is 0 Å². The van der Waals surface area contributed by atoms with Crippen molar-refractivity contribution < 1.29 is 23.5 Å². The molecule has 3 atom stereocenters. The molecule has 0 aliphatic heterocycles. The van der Waals surface area contributed by atoms with Gasteiger partial charge in [0.1, 0.15) is 12.2 Å². The molecule has 0 N–H and O–H groups in total. The molecule has 6 nitrogen and oxygen atoms in total. The van der Waals surface area contributed by atoms with Crippen LogP contribution in [0.15, 0.2) is 18.2 Å². The van der Waals surface area contributed by atoms with E-state index in [0.717, 1.165) is 6.07 Å². The molecule has 0 aromatic heterocycles. The van der Waals surface area contributed by atoms with Gasteiger partial charge in [-0.25, -0.2) is 4.39 Å². The standard InChI is InChI=1S/C13H15BrFNO5/c1-19-5-6-20-12-8(14)7-11(12)21-13-9(15)3-2-4-10(13)16(17)18/h2-4,8,11-12H,5-7H2,1H3. The second kappa shape index (κ2) is 7.15. The molecule has 0 radical (unpaired) electrons. The van der Waals surface area contributed by atoms with Gasteiger partial charge in [-0.05, 0) is 6.07 Å². The Kier molecular flexibility index (Phi) is 5.49. The topological polar surface area (TPSA) is 70.8 Å². The number of hydrogen-bond acceptors (Lipinski definition) is 5. The molecule has 2 rings (SSSR count). The minimum Gasteiger partial charge on any atom is -0.479 e. The number of nitro groups is 1. The smallest absolute Gasteiger partial charge is 0.314 e. The third-order valence-electron chi connectivity index (χ3n) is 3.19. The van der Waals surface area contributed by atoms with Gasteiger partial charge in [0.15, 0.2) is 5.82 Å². The second-order valence-electron chi connectivity index (χ2n) is 4.58. The van der Waals surface area contributed by atoms with Crippen molar-refractivity contribution in [2.45, 2.75) is 23.5 Å². The Balaban J connectivity index is 2.06. The van der Waals surface area contributed by atoms with Crippen LogP contribution >= 0.6 is 15.9 Å². The summed E-state index contributed by atoms with van der Waals surface area (Å²) in [6.07, 6.45) is -0.135. The highest BCUT2D eigenvalue weighted by atomic mass is 79.9. The molecular formula is C13H15BrFNO5. The number of rotatable bonds is 7. The molecule has 1 aliphatic carbocycles. The molecule has 0 amide bonds. The van der Waals surface area contributed by atoms with Crippen LogP contribution in [-0.2, 0) is 9.47 Å². The van der Waals surface area contributed by atoms with Gasteiger partial charge < -0.3 is 14.2 Å². The van der Waals surface area contributed by atoms with Gasteiger partial charge in [0.25, 0.3) is 0 Å². The molecule has 1 aromatic rings. The largest absolute Gasteiger partial charge is 0.479 e. The van der Waals surface area contributed by atoms with E-state index in [1.807, 2.05) is 0 Å². The predicted octanol–water partition coefficient (Wildman–Crippen LogP) is 2.68. The summed E-state index contributed by atoms with van der Waals surface area (Å²) >= 11 is 3.43. The van der Waals surface area contributed by atoms with Gasteiger partial charge in [-0.2, -0.15) is 0 Å². The fraction of sp³-hybridized carbons (Fsp3) is 0.538. The zero-order valence-electron chi connectivity index (χ0n) is 11.3. The lowest BCUT2D eigenvalue weighted by atomic mass is 9.91.